The summed E-state index contributed by atoms with van der Waals surface area (Å²) in [6, 6.07) is 15.8. The van der Waals surface area contributed by atoms with Crippen molar-refractivity contribution in [3.05, 3.63) is 59.7 Å². The molecule has 0 aromatic heterocycles. The molecule has 0 bridgehead atoms. The predicted octanol–water partition coefficient (Wildman–Crippen LogP) is 4.29. The second kappa shape index (κ2) is 9.09. The van der Waals surface area contributed by atoms with Gasteiger partial charge in [-0.1, -0.05) is 44.2 Å². The smallest absolute Gasteiger partial charge is 0.252 e. The number of carbonyl (C=O) groups is 2. The molecular weight excluding hydrogens is 356 g/mol. The first-order chi connectivity index (χ1) is 13.1. The van der Waals surface area contributed by atoms with Crippen molar-refractivity contribution in [3.63, 3.8) is 0 Å². The van der Waals surface area contributed by atoms with Gasteiger partial charge in [-0.25, -0.2) is 0 Å². The van der Waals surface area contributed by atoms with Crippen molar-refractivity contribution < 1.29 is 9.59 Å². The van der Waals surface area contributed by atoms with E-state index in [2.05, 4.69) is 25.2 Å². The van der Waals surface area contributed by atoms with E-state index in [4.69, 9.17) is 0 Å². The highest BCUT2D eigenvalue weighted by atomic mass is 32.2. The van der Waals surface area contributed by atoms with Gasteiger partial charge in [0.25, 0.3) is 5.91 Å². The number of para-hydroxylation sites is 1. The summed E-state index contributed by atoms with van der Waals surface area (Å²) in [5, 5.41) is 3.08. The Morgan fingerprint density at radius 1 is 1.07 bits per heavy atom. The third kappa shape index (κ3) is 4.53. The number of carbonyl (C=O) groups excluding carboxylic acids is 2. The molecule has 2 aromatic rings. The second-order valence-electron chi connectivity index (χ2n) is 6.70. The van der Waals surface area contributed by atoms with Crippen LogP contribution in [0.5, 0.6) is 0 Å². The Hall–Kier alpha value is -2.27. The maximum atomic E-state index is 12.7. The highest BCUT2D eigenvalue weighted by molar-refractivity contribution is 8.00. The van der Waals surface area contributed by atoms with E-state index in [-0.39, 0.29) is 17.9 Å². The fraction of sp³-hybridized carbons (Fsp3) is 0.364. The number of nitrogens with one attached hydrogen (secondary N) is 1. The summed E-state index contributed by atoms with van der Waals surface area (Å²) in [6.45, 7) is 4.87. The van der Waals surface area contributed by atoms with E-state index in [1.807, 2.05) is 47.4 Å². The van der Waals surface area contributed by atoms with Crippen molar-refractivity contribution in [2.75, 3.05) is 17.2 Å². The Morgan fingerprint density at radius 2 is 1.78 bits per heavy atom. The van der Waals surface area contributed by atoms with Gasteiger partial charge < -0.3 is 10.2 Å². The molecule has 1 aliphatic rings. The molecule has 0 atom stereocenters. The number of hydrogen-bond acceptors (Lipinski definition) is 3. The zero-order chi connectivity index (χ0) is 19.2. The SMILES string of the molecule is CCC(CC)NC(=O)c1ccccc1SCC(=O)N1CCc2ccccc21. The molecule has 0 radical (unpaired) electrons. The second-order valence-corrected chi connectivity index (χ2v) is 7.71. The van der Waals surface area contributed by atoms with Gasteiger partial charge >= 0.3 is 0 Å². The molecule has 0 fully saturated rings. The van der Waals surface area contributed by atoms with Crippen LogP contribution in [-0.2, 0) is 11.2 Å². The number of thioether (sulfide) groups is 1. The average molecular weight is 383 g/mol. The van der Waals surface area contributed by atoms with Gasteiger partial charge in [0, 0.05) is 23.2 Å². The molecule has 0 saturated carbocycles. The third-order valence-electron chi connectivity index (χ3n) is 4.99. The normalized spacial score (nSPS) is 12.9. The zero-order valence-corrected chi connectivity index (χ0v) is 16.7. The Balaban J connectivity index is 1.67. The van der Waals surface area contributed by atoms with E-state index in [1.54, 1.807) is 0 Å². The van der Waals surface area contributed by atoms with Gasteiger partial charge in [-0.05, 0) is 43.0 Å². The first kappa shape index (κ1) is 19.5. The van der Waals surface area contributed by atoms with Gasteiger partial charge in [-0.3, -0.25) is 9.59 Å². The average Bonchev–Trinajstić information content (AvgIpc) is 3.14. The summed E-state index contributed by atoms with van der Waals surface area (Å²) < 4.78 is 0. The molecule has 3 rings (SSSR count). The Morgan fingerprint density at radius 3 is 2.56 bits per heavy atom. The van der Waals surface area contributed by atoms with E-state index in [1.165, 1.54) is 17.3 Å². The van der Waals surface area contributed by atoms with Crippen molar-refractivity contribution in [1.82, 2.24) is 5.32 Å². The Kier molecular flexibility index (Phi) is 6.56. The number of amides is 2. The van der Waals surface area contributed by atoms with Crippen molar-refractivity contribution in [2.24, 2.45) is 0 Å². The van der Waals surface area contributed by atoms with Crippen LogP contribution in [-0.4, -0.2) is 30.2 Å². The maximum absolute atomic E-state index is 12.7. The van der Waals surface area contributed by atoms with Gasteiger partial charge in [0.05, 0.1) is 11.3 Å². The summed E-state index contributed by atoms with van der Waals surface area (Å²) in [5.41, 5.74) is 2.88. The van der Waals surface area contributed by atoms with Gasteiger partial charge in [0.15, 0.2) is 0 Å². The zero-order valence-electron chi connectivity index (χ0n) is 15.9. The topological polar surface area (TPSA) is 49.4 Å². The highest BCUT2D eigenvalue weighted by Crippen LogP contribution is 2.29. The van der Waals surface area contributed by atoms with E-state index in [0.29, 0.717) is 11.3 Å². The number of fused-ring (bicyclic) bond motifs is 1. The molecule has 0 unspecified atom stereocenters. The summed E-state index contributed by atoms with van der Waals surface area (Å²) >= 11 is 1.44. The van der Waals surface area contributed by atoms with Crippen LogP contribution in [0.25, 0.3) is 0 Å². The number of rotatable bonds is 7. The van der Waals surface area contributed by atoms with Crippen LogP contribution >= 0.6 is 11.8 Å². The molecular formula is C22H26N2O2S. The van der Waals surface area contributed by atoms with Crippen molar-refractivity contribution >= 4 is 29.3 Å². The molecule has 2 amide bonds. The minimum absolute atomic E-state index is 0.0641. The van der Waals surface area contributed by atoms with Gasteiger partial charge in [-0.2, -0.15) is 0 Å². The number of nitrogens with zero attached hydrogens (tertiary/aromatic N) is 1. The Bertz CT molecular complexity index is 817. The number of hydrogen-bond donors (Lipinski definition) is 1. The van der Waals surface area contributed by atoms with E-state index >= 15 is 0 Å². The van der Waals surface area contributed by atoms with Crippen LogP contribution in [0.2, 0.25) is 0 Å². The third-order valence-corrected chi connectivity index (χ3v) is 6.05. The first-order valence-electron chi connectivity index (χ1n) is 9.55. The molecule has 0 saturated heterocycles. The van der Waals surface area contributed by atoms with Crippen molar-refractivity contribution in [2.45, 2.75) is 44.0 Å². The Labute approximate surface area is 165 Å². The molecule has 1 N–H and O–H groups in total. The van der Waals surface area contributed by atoms with E-state index in [0.717, 1.165) is 36.4 Å². The van der Waals surface area contributed by atoms with Crippen LogP contribution in [0.3, 0.4) is 0 Å². The lowest BCUT2D eigenvalue weighted by Gasteiger charge is -2.18. The molecule has 0 aliphatic carbocycles. The first-order valence-corrected chi connectivity index (χ1v) is 10.5. The van der Waals surface area contributed by atoms with Crippen LogP contribution < -0.4 is 10.2 Å². The molecule has 1 heterocycles. The van der Waals surface area contributed by atoms with Gasteiger partial charge in [0.2, 0.25) is 5.91 Å². The lowest BCUT2D eigenvalue weighted by molar-refractivity contribution is -0.116. The van der Waals surface area contributed by atoms with Crippen molar-refractivity contribution in [3.8, 4) is 0 Å². The van der Waals surface area contributed by atoms with Crippen LogP contribution in [0, 0.1) is 0 Å². The fourth-order valence-corrected chi connectivity index (χ4v) is 4.28. The van der Waals surface area contributed by atoms with E-state index < -0.39 is 0 Å². The largest absolute Gasteiger partial charge is 0.349 e. The van der Waals surface area contributed by atoms with Gasteiger partial charge in [-0.15, -0.1) is 11.8 Å². The minimum atomic E-state index is -0.0641. The maximum Gasteiger partial charge on any atom is 0.252 e. The molecule has 5 heteroatoms. The van der Waals surface area contributed by atoms with Crippen LogP contribution in [0.1, 0.15) is 42.6 Å². The quantitative estimate of drug-likeness (QED) is 0.727. The molecule has 2 aromatic carbocycles. The summed E-state index contributed by atoms with van der Waals surface area (Å²) in [4.78, 5) is 28.1. The van der Waals surface area contributed by atoms with Crippen LogP contribution in [0.15, 0.2) is 53.4 Å². The van der Waals surface area contributed by atoms with E-state index in [9.17, 15) is 9.59 Å². The monoisotopic (exact) mass is 382 g/mol. The molecule has 27 heavy (non-hydrogen) atoms. The predicted molar refractivity (Wildman–Crippen MR) is 112 cm³/mol. The molecule has 0 spiro atoms. The summed E-state index contributed by atoms with van der Waals surface area (Å²) in [7, 11) is 0. The van der Waals surface area contributed by atoms with Crippen molar-refractivity contribution in [1.29, 1.82) is 0 Å². The van der Waals surface area contributed by atoms with Gasteiger partial charge in [0.1, 0.15) is 0 Å². The molecule has 4 nitrogen and oxygen atoms in total. The fourth-order valence-electron chi connectivity index (χ4n) is 3.35. The summed E-state index contributed by atoms with van der Waals surface area (Å²) in [5.74, 6) is 0.342. The highest BCUT2D eigenvalue weighted by Gasteiger charge is 2.24. The molecule has 1 aliphatic heterocycles. The lowest BCUT2D eigenvalue weighted by Crippen LogP contribution is -2.34. The number of benzene rings is 2. The number of anilines is 1. The van der Waals surface area contributed by atoms with Crippen LogP contribution in [0.4, 0.5) is 5.69 Å². The summed E-state index contributed by atoms with van der Waals surface area (Å²) in [6.07, 6.45) is 2.72. The standard InChI is InChI=1S/C22H26N2O2S/c1-3-17(4-2)23-22(26)18-10-6-8-12-20(18)27-15-21(25)24-14-13-16-9-5-7-11-19(16)24/h5-12,17H,3-4,13-15H2,1-2H3,(H,23,26). The lowest BCUT2D eigenvalue weighted by atomic mass is 10.1. The molecule has 142 valence electrons. The minimum Gasteiger partial charge on any atom is -0.349 e.